The largest absolute Gasteiger partial charge is 0.345 e. The number of ketones is 1. The first-order valence-electron chi connectivity index (χ1n) is 12.7. The highest BCUT2D eigenvalue weighted by atomic mass is 35.5. The molecule has 11 nitrogen and oxygen atoms in total. The molecule has 0 aliphatic carbocycles. The summed E-state index contributed by atoms with van der Waals surface area (Å²) in [4.78, 5) is 60.8. The molecule has 1 fully saturated rings. The number of aryl methyl sites for hydroxylation is 1. The van der Waals surface area contributed by atoms with Gasteiger partial charge < -0.3 is 20.1 Å². The molecule has 0 radical (unpaired) electrons. The van der Waals surface area contributed by atoms with Gasteiger partial charge >= 0.3 is 5.69 Å². The van der Waals surface area contributed by atoms with Crippen LogP contribution in [-0.4, -0.2) is 68.5 Å². The predicted octanol–water partition coefficient (Wildman–Crippen LogP) is 1.80. The summed E-state index contributed by atoms with van der Waals surface area (Å²) in [6.07, 6.45) is 3.81. The average Bonchev–Trinajstić information content (AvgIpc) is 3.28. The van der Waals surface area contributed by atoms with E-state index in [1.54, 1.807) is 43.9 Å². The number of amides is 1. The van der Waals surface area contributed by atoms with Crippen molar-refractivity contribution in [2.75, 3.05) is 32.1 Å². The van der Waals surface area contributed by atoms with E-state index >= 15 is 0 Å². The molecule has 1 saturated heterocycles. The maximum Gasteiger partial charge on any atom is 0.332 e. The van der Waals surface area contributed by atoms with Crippen LogP contribution in [0.2, 0.25) is 0 Å². The molecule has 3 heterocycles. The summed E-state index contributed by atoms with van der Waals surface area (Å²) in [5.74, 6) is -0.115. The average molecular weight is 558 g/mol. The summed E-state index contributed by atoms with van der Waals surface area (Å²) in [6.45, 7) is 5.21. The third-order valence-electron chi connectivity index (χ3n) is 6.77. The van der Waals surface area contributed by atoms with E-state index in [4.69, 9.17) is 10.7 Å². The molecule has 1 aromatic carbocycles. The molecular weight excluding hydrogens is 522 g/mol. The van der Waals surface area contributed by atoms with E-state index in [1.807, 2.05) is 19.9 Å². The van der Waals surface area contributed by atoms with Gasteiger partial charge in [-0.2, -0.15) is 4.98 Å². The number of anilines is 1. The Bertz CT molecular complexity index is 1550. The Hall–Kier alpha value is -3.70. The lowest BCUT2D eigenvalue weighted by molar-refractivity contribution is 0.0827. The third kappa shape index (κ3) is 5.99. The number of halogens is 1. The molecule has 4 rings (SSSR count). The van der Waals surface area contributed by atoms with Crippen LogP contribution in [0.4, 0.5) is 5.95 Å². The highest BCUT2D eigenvalue weighted by molar-refractivity contribution is 6.00. The number of benzene rings is 1. The van der Waals surface area contributed by atoms with Crippen LogP contribution in [0.25, 0.3) is 11.2 Å². The SMILES string of the molecule is CC(C)=CCn1c(N2CCCC(N)C2)nc2c1c(=O)n(CC(=O)c1cccc(C(=O)N(C)C)c1)c(=O)n2C.Cl. The van der Waals surface area contributed by atoms with E-state index in [9.17, 15) is 19.2 Å². The molecule has 1 aliphatic rings. The number of allylic oxidation sites excluding steroid dienone is 2. The van der Waals surface area contributed by atoms with Gasteiger partial charge in [-0.15, -0.1) is 12.4 Å². The monoisotopic (exact) mass is 557 g/mol. The van der Waals surface area contributed by atoms with Crippen LogP contribution >= 0.6 is 12.4 Å². The third-order valence-corrected chi connectivity index (χ3v) is 6.77. The van der Waals surface area contributed by atoms with Crippen LogP contribution in [0.15, 0.2) is 45.5 Å². The zero-order chi connectivity index (χ0) is 27.7. The van der Waals surface area contributed by atoms with Crippen molar-refractivity contribution in [2.24, 2.45) is 12.8 Å². The van der Waals surface area contributed by atoms with Gasteiger partial charge in [-0.1, -0.05) is 23.8 Å². The number of hydrogen-bond acceptors (Lipinski definition) is 7. The molecule has 1 aliphatic heterocycles. The highest BCUT2D eigenvalue weighted by Crippen LogP contribution is 2.23. The molecule has 1 amide bonds. The van der Waals surface area contributed by atoms with E-state index in [0.29, 0.717) is 24.6 Å². The summed E-state index contributed by atoms with van der Waals surface area (Å²) in [7, 11) is 4.80. The summed E-state index contributed by atoms with van der Waals surface area (Å²) in [6, 6.07) is 6.27. The fourth-order valence-corrected chi connectivity index (χ4v) is 4.70. The minimum Gasteiger partial charge on any atom is -0.345 e. The van der Waals surface area contributed by atoms with E-state index < -0.39 is 23.6 Å². The molecule has 2 N–H and O–H groups in total. The van der Waals surface area contributed by atoms with Gasteiger partial charge in [-0.05, 0) is 38.8 Å². The van der Waals surface area contributed by atoms with Crippen molar-refractivity contribution in [1.29, 1.82) is 0 Å². The zero-order valence-corrected chi connectivity index (χ0v) is 23.8. The van der Waals surface area contributed by atoms with Crippen molar-refractivity contribution in [1.82, 2.24) is 23.6 Å². The lowest BCUT2D eigenvalue weighted by atomic mass is 10.1. The van der Waals surface area contributed by atoms with Crippen LogP contribution in [0.1, 0.15) is 47.4 Å². The molecule has 2 aromatic heterocycles. The number of aromatic nitrogens is 4. The van der Waals surface area contributed by atoms with Gasteiger partial charge in [0.2, 0.25) is 5.95 Å². The van der Waals surface area contributed by atoms with Crippen LogP contribution in [0.5, 0.6) is 0 Å². The van der Waals surface area contributed by atoms with Gasteiger partial charge in [0.25, 0.3) is 11.5 Å². The van der Waals surface area contributed by atoms with E-state index in [0.717, 1.165) is 29.5 Å². The highest BCUT2D eigenvalue weighted by Gasteiger charge is 2.26. The van der Waals surface area contributed by atoms with E-state index in [1.165, 1.54) is 15.5 Å². The topological polar surface area (TPSA) is 128 Å². The maximum absolute atomic E-state index is 13.8. The van der Waals surface area contributed by atoms with Gasteiger partial charge in [-0.3, -0.25) is 23.5 Å². The number of piperidine rings is 1. The molecule has 12 heteroatoms. The number of rotatable bonds is 7. The first-order valence-corrected chi connectivity index (χ1v) is 12.7. The summed E-state index contributed by atoms with van der Waals surface area (Å²) < 4.78 is 4.05. The number of nitrogens with two attached hydrogens (primary N) is 1. The van der Waals surface area contributed by atoms with E-state index in [-0.39, 0.29) is 41.1 Å². The molecule has 3 aromatic rings. The van der Waals surface area contributed by atoms with Gasteiger partial charge in [0.15, 0.2) is 16.9 Å². The quantitative estimate of drug-likeness (QED) is 0.346. The molecule has 0 saturated carbocycles. The molecule has 0 spiro atoms. The smallest absolute Gasteiger partial charge is 0.332 e. The number of hydrogen-bond donors (Lipinski definition) is 1. The molecule has 0 bridgehead atoms. The van der Waals surface area contributed by atoms with Crippen molar-refractivity contribution in [3.63, 3.8) is 0 Å². The van der Waals surface area contributed by atoms with Crippen LogP contribution in [-0.2, 0) is 20.1 Å². The zero-order valence-electron chi connectivity index (χ0n) is 23.0. The molecular formula is C27H36ClN7O4. The number of fused-ring (bicyclic) bond motifs is 1. The van der Waals surface area contributed by atoms with Crippen LogP contribution in [0.3, 0.4) is 0 Å². The Balaban J connectivity index is 0.00000420. The Labute approximate surface area is 232 Å². The Kier molecular flexibility index (Phi) is 9.18. The molecule has 1 unspecified atom stereocenters. The van der Waals surface area contributed by atoms with Gasteiger partial charge in [0.05, 0.1) is 6.54 Å². The van der Waals surface area contributed by atoms with Gasteiger partial charge in [0.1, 0.15) is 0 Å². The van der Waals surface area contributed by atoms with Crippen LogP contribution < -0.4 is 21.9 Å². The van der Waals surface area contributed by atoms with Crippen molar-refractivity contribution in [3.05, 3.63) is 67.9 Å². The fraction of sp³-hybridized carbons (Fsp3) is 0.444. The fourth-order valence-electron chi connectivity index (χ4n) is 4.70. The molecule has 39 heavy (non-hydrogen) atoms. The molecule has 1 atom stereocenters. The standard InChI is InChI=1S/C27H35N7O4.ClH/c1-17(2)11-13-33-22-23(29-26(33)32-12-7-10-20(28)15-32)31(5)27(38)34(25(22)37)16-21(35)18-8-6-9-19(14-18)24(36)30(3)4;/h6,8-9,11,14,20H,7,10,12-13,15-16,28H2,1-5H3;1H. The Morgan fingerprint density at radius 2 is 1.85 bits per heavy atom. The number of carbonyl (C=O) groups excluding carboxylic acids is 2. The number of nitrogens with zero attached hydrogens (tertiary/aromatic N) is 6. The van der Waals surface area contributed by atoms with E-state index in [2.05, 4.69) is 4.90 Å². The van der Waals surface area contributed by atoms with Gasteiger partial charge in [-0.25, -0.2) is 4.79 Å². The first-order chi connectivity index (χ1) is 18.0. The Morgan fingerprint density at radius 1 is 1.15 bits per heavy atom. The van der Waals surface area contributed by atoms with Crippen LogP contribution in [0, 0.1) is 0 Å². The number of Topliss-reactive ketones (excluding diaryl/α,β-unsaturated/α-hetero) is 1. The number of carbonyl (C=O) groups is 2. The van der Waals surface area contributed by atoms with Crippen molar-refractivity contribution in [2.45, 2.75) is 45.8 Å². The predicted molar refractivity (Wildman–Crippen MR) is 154 cm³/mol. The minimum atomic E-state index is -0.634. The second-order valence-electron chi connectivity index (χ2n) is 10.3. The second kappa shape index (κ2) is 12.0. The summed E-state index contributed by atoms with van der Waals surface area (Å²) in [5.41, 5.74) is 7.18. The lowest BCUT2D eigenvalue weighted by Gasteiger charge is -2.31. The Morgan fingerprint density at radius 3 is 2.49 bits per heavy atom. The summed E-state index contributed by atoms with van der Waals surface area (Å²) in [5, 5.41) is 0. The normalized spacial score (nSPS) is 15.1. The van der Waals surface area contributed by atoms with Gasteiger partial charge in [0, 0.05) is 57.9 Å². The first kappa shape index (κ1) is 29.9. The summed E-state index contributed by atoms with van der Waals surface area (Å²) >= 11 is 0. The number of imidazole rings is 1. The lowest BCUT2D eigenvalue weighted by Crippen LogP contribution is -2.44. The van der Waals surface area contributed by atoms with Crippen molar-refractivity contribution in [3.8, 4) is 0 Å². The maximum atomic E-state index is 13.8. The minimum absolute atomic E-state index is 0. The second-order valence-corrected chi connectivity index (χ2v) is 10.3. The van der Waals surface area contributed by atoms with Crippen molar-refractivity contribution < 1.29 is 9.59 Å². The molecule has 210 valence electrons. The van der Waals surface area contributed by atoms with Crippen molar-refractivity contribution >= 4 is 41.2 Å².